The maximum atomic E-state index is 10.6. The van der Waals surface area contributed by atoms with E-state index in [9.17, 15) is 5.11 Å². The topological polar surface area (TPSA) is 29.5 Å². The lowest BCUT2D eigenvalue weighted by Gasteiger charge is -2.23. The molecule has 0 atom stereocenters. The van der Waals surface area contributed by atoms with Crippen molar-refractivity contribution in [3.8, 4) is 11.5 Å². The van der Waals surface area contributed by atoms with E-state index in [-0.39, 0.29) is 0 Å². The van der Waals surface area contributed by atoms with E-state index < -0.39 is 0 Å². The fraction of sp³-hybridized carbons (Fsp3) is 0.364. The Bertz CT molecular complexity index is 734. The molecule has 0 aliphatic heterocycles. The fourth-order valence-electron chi connectivity index (χ4n) is 3.64. The Morgan fingerprint density at radius 2 is 1.67 bits per heavy atom. The highest BCUT2D eigenvalue weighted by molar-refractivity contribution is 5.86. The molecule has 2 heteroatoms. The first-order valence-corrected chi connectivity index (χ1v) is 9.09. The Morgan fingerprint density at radius 1 is 0.917 bits per heavy atom. The first-order valence-electron chi connectivity index (χ1n) is 9.09. The molecular weight excluding hydrogens is 296 g/mol. The number of aromatic hydroxyl groups is 1. The second kappa shape index (κ2) is 6.72. The summed E-state index contributed by atoms with van der Waals surface area (Å²) in [5, 5.41) is 10.6. The van der Waals surface area contributed by atoms with E-state index in [1.165, 1.54) is 36.0 Å². The minimum Gasteiger partial charge on any atom is -0.507 e. The number of phenolic OH excluding ortho intramolecular Hbond substituents is 1. The van der Waals surface area contributed by atoms with E-state index in [1.807, 2.05) is 18.2 Å². The number of phenols is 1. The molecule has 0 unspecified atom stereocenters. The molecule has 0 radical (unpaired) electrons. The molecule has 2 saturated carbocycles. The van der Waals surface area contributed by atoms with E-state index in [2.05, 4.69) is 24.3 Å². The fourth-order valence-corrected chi connectivity index (χ4v) is 3.64. The molecule has 2 fully saturated rings. The van der Waals surface area contributed by atoms with Gasteiger partial charge in [0.1, 0.15) is 11.5 Å². The monoisotopic (exact) mass is 320 g/mol. The van der Waals surface area contributed by atoms with Gasteiger partial charge in [0.15, 0.2) is 0 Å². The summed E-state index contributed by atoms with van der Waals surface area (Å²) in [7, 11) is 0. The minimum atomic E-state index is 0.305. The number of hydrogen-bond acceptors (Lipinski definition) is 2. The average molecular weight is 320 g/mol. The summed E-state index contributed by atoms with van der Waals surface area (Å²) in [6.07, 6.45) is 8.63. The van der Waals surface area contributed by atoms with Gasteiger partial charge in [0.2, 0.25) is 0 Å². The lowest BCUT2D eigenvalue weighted by Crippen LogP contribution is -2.19. The van der Waals surface area contributed by atoms with Gasteiger partial charge in [-0.15, -0.1) is 0 Å². The molecule has 2 nitrogen and oxygen atoms in total. The molecular formula is C22H24O2. The largest absolute Gasteiger partial charge is 0.507 e. The van der Waals surface area contributed by atoms with Gasteiger partial charge in [-0.1, -0.05) is 42.3 Å². The van der Waals surface area contributed by atoms with Crippen LogP contribution in [0, 0.1) is 0 Å². The number of ether oxygens (including phenoxy) is 1. The van der Waals surface area contributed by atoms with Crippen LogP contribution in [-0.2, 0) is 0 Å². The Balaban J connectivity index is 1.61. The van der Waals surface area contributed by atoms with Crippen LogP contribution in [-0.4, -0.2) is 11.2 Å². The van der Waals surface area contributed by atoms with Gasteiger partial charge in [-0.25, -0.2) is 0 Å². The maximum Gasteiger partial charge on any atom is 0.127 e. The smallest absolute Gasteiger partial charge is 0.127 e. The lowest BCUT2D eigenvalue weighted by molar-refractivity contribution is 0.154. The van der Waals surface area contributed by atoms with Crippen molar-refractivity contribution in [2.75, 3.05) is 0 Å². The Hall–Kier alpha value is -2.22. The molecule has 0 spiro atoms. The van der Waals surface area contributed by atoms with Gasteiger partial charge in [0.05, 0.1) is 6.10 Å². The summed E-state index contributed by atoms with van der Waals surface area (Å²) >= 11 is 0. The standard InChI is InChI=1S/C22H24O2/c23-21-15-19(24-18-9-5-2-6-10-18)13-14-20(21)22(17-11-12-17)16-7-3-1-4-8-16/h1,3-4,7-8,13-15,18,23H,2,5-6,9-12H2. The highest BCUT2D eigenvalue weighted by Crippen LogP contribution is 2.43. The van der Waals surface area contributed by atoms with E-state index >= 15 is 0 Å². The lowest BCUT2D eigenvalue weighted by atomic mass is 9.95. The van der Waals surface area contributed by atoms with Crippen LogP contribution in [0.5, 0.6) is 11.5 Å². The molecule has 0 bridgehead atoms. The van der Waals surface area contributed by atoms with Crippen molar-refractivity contribution in [3.63, 3.8) is 0 Å². The van der Waals surface area contributed by atoms with Gasteiger partial charge in [-0.05, 0) is 61.8 Å². The predicted octanol–water partition coefficient (Wildman–Crippen LogP) is 5.70. The van der Waals surface area contributed by atoms with Gasteiger partial charge in [0.25, 0.3) is 0 Å². The zero-order chi connectivity index (χ0) is 16.4. The van der Waals surface area contributed by atoms with Crippen LogP contribution in [0.1, 0.15) is 56.1 Å². The maximum absolute atomic E-state index is 10.6. The average Bonchev–Trinajstić information content (AvgIpc) is 3.44. The van der Waals surface area contributed by atoms with Crippen LogP contribution in [0.25, 0.3) is 5.57 Å². The molecule has 0 aromatic heterocycles. The zero-order valence-corrected chi connectivity index (χ0v) is 14.0. The summed E-state index contributed by atoms with van der Waals surface area (Å²) in [6.45, 7) is 0. The molecule has 124 valence electrons. The van der Waals surface area contributed by atoms with Gasteiger partial charge < -0.3 is 9.84 Å². The van der Waals surface area contributed by atoms with Crippen LogP contribution in [0.2, 0.25) is 0 Å². The van der Waals surface area contributed by atoms with E-state index in [4.69, 9.17) is 4.74 Å². The van der Waals surface area contributed by atoms with Gasteiger partial charge >= 0.3 is 0 Å². The van der Waals surface area contributed by atoms with E-state index in [0.29, 0.717) is 11.9 Å². The third-order valence-electron chi connectivity index (χ3n) is 5.01. The van der Waals surface area contributed by atoms with Crippen molar-refractivity contribution < 1.29 is 9.84 Å². The summed E-state index contributed by atoms with van der Waals surface area (Å²) in [5.41, 5.74) is 4.72. The molecule has 2 aromatic rings. The highest BCUT2D eigenvalue weighted by atomic mass is 16.5. The summed E-state index contributed by atoms with van der Waals surface area (Å²) in [5.74, 6) is 1.11. The summed E-state index contributed by atoms with van der Waals surface area (Å²) in [4.78, 5) is 0. The number of allylic oxidation sites excluding steroid dienone is 1. The number of hydrogen-bond donors (Lipinski definition) is 1. The molecule has 24 heavy (non-hydrogen) atoms. The normalized spacial score (nSPS) is 17.6. The first kappa shape index (κ1) is 15.3. The molecule has 0 heterocycles. The van der Waals surface area contributed by atoms with Crippen molar-refractivity contribution in [3.05, 3.63) is 65.2 Å². The van der Waals surface area contributed by atoms with Gasteiger partial charge in [0, 0.05) is 11.6 Å². The number of benzene rings is 2. The Kier molecular flexibility index (Phi) is 4.29. The molecule has 1 N–H and O–H groups in total. The van der Waals surface area contributed by atoms with Crippen LogP contribution < -0.4 is 4.74 Å². The minimum absolute atomic E-state index is 0.305. The van der Waals surface area contributed by atoms with Crippen molar-refractivity contribution in [2.24, 2.45) is 0 Å². The third kappa shape index (κ3) is 3.33. The van der Waals surface area contributed by atoms with Gasteiger partial charge in [-0.2, -0.15) is 0 Å². The molecule has 0 amide bonds. The van der Waals surface area contributed by atoms with Crippen LogP contribution in [0.15, 0.2) is 54.1 Å². The Morgan fingerprint density at radius 3 is 2.33 bits per heavy atom. The van der Waals surface area contributed by atoms with Crippen LogP contribution in [0.3, 0.4) is 0 Å². The van der Waals surface area contributed by atoms with E-state index in [1.54, 1.807) is 6.07 Å². The molecule has 4 rings (SSSR count). The van der Waals surface area contributed by atoms with Crippen LogP contribution in [0.4, 0.5) is 0 Å². The van der Waals surface area contributed by atoms with Crippen molar-refractivity contribution in [1.82, 2.24) is 0 Å². The second-order valence-corrected chi connectivity index (χ2v) is 6.90. The SMILES string of the molecule is Oc1cc(OC2CCCCC2)ccc1C(=C1CC1)c1ccccc1. The van der Waals surface area contributed by atoms with Crippen LogP contribution >= 0.6 is 0 Å². The molecule has 0 saturated heterocycles. The van der Waals surface area contributed by atoms with E-state index in [0.717, 1.165) is 37.0 Å². The zero-order valence-electron chi connectivity index (χ0n) is 14.0. The highest BCUT2D eigenvalue weighted by Gasteiger charge is 2.23. The third-order valence-corrected chi connectivity index (χ3v) is 5.01. The van der Waals surface area contributed by atoms with Crippen molar-refractivity contribution in [2.45, 2.75) is 51.0 Å². The predicted molar refractivity (Wildman–Crippen MR) is 97.3 cm³/mol. The second-order valence-electron chi connectivity index (χ2n) is 6.90. The quantitative estimate of drug-likeness (QED) is 0.783. The van der Waals surface area contributed by atoms with Crippen molar-refractivity contribution in [1.29, 1.82) is 0 Å². The van der Waals surface area contributed by atoms with Crippen molar-refractivity contribution >= 4 is 5.57 Å². The first-order chi connectivity index (χ1) is 11.8. The molecule has 2 aromatic carbocycles. The summed E-state index contributed by atoms with van der Waals surface area (Å²) in [6, 6.07) is 16.2. The summed E-state index contributed by atoms with van der Waals surface area (Å²) < 4.78 is 6.08. The molecule has 2 aliphatic rings. The Labute approximate surface area is 143 Å². The number of rotatable bonds is 4. The van der Waals surface area contributed by atoms with Gasteiger partial charge in [-0.3, -0.25) is 0 Å². The molecule has 2 aliphatic carbocycles.